The molecule has 1 amide bonds. The molecule has 0 bridgehead atoms. The van der Waals surface area contributed by atoms with Crippen LogP contribution in [0.25, 0.3) is 0 Å². The van der Waals surface area contributed by atoms with Crippen LogP contribution in [-0.2, 0) is 0 Å². The molecule has 17 heavy (non-hydrogen) atoms. The molecule has 0 unspecified atom stereocenters. The van der Waals surface area contributed by atoms with Crippen LogP contribution in [0.3, 0.4) is 0 Å². The molecule has 0 saturated carbocycles. The van der Waals surface area contributed by atoms with Crippen LogP contribution in [-0.4, -0.2) is 30.0 Å². The number of benzene rings is 1. The van der Waals surface area contributed by atoms with Crippen LogP contribution in [0.15, 0.2) is 18.2 Å². The van der Waals surface area contributed by atoms with Gasteiger partial charge in [-0.25, -0.2) is 13.2 Å². The van der Waals surface area contributed by atoms with Crippen LogP contribution < -0.4 is 11.1 Å². The van der Waals surface area contributed by atoms with Crippen molar-refractivity contribution in [3.8, 4) is 5.75 Å². The van der Waals surface area contributed by atoms with E-state index in [1.807, 2.05) is 5.32 Å². The molecule has 0 aliphatic carbocycles. The fourth-order valence-corrected chi connectivity index (χ4v) is 1.07. The lowest BCUT2D eigenvalue weighted by atomic mass is 10.2. The first-order valence-electron chi connectivity index (χ1n) is 4.70. The van der Waals surface area contributed by atoms with Crippen LogP contribution in [0.2, 0.25) is 0 Å². The second kappa shape index (κ2) is 5.05. The fourth-order valence-electron chi connectivity index (χ4n) is 1.07. The number of halogens is 3. The largest absolute Gasteiger partial charge is 0.507 e. The topological polar surface area (TPSA) is 75.3 Å². The van der Waals surface area contributed by atoms with Crippen LogP contribution in [0, 0.1) is 5.82 Å². The number of hydrogen-bond donors (Lipinski definition) is 3. The molecule has 0 aliphatic rings. The quantitative estimate of drug-likeness (QED) is 0.739. The first-order chi connectivity index (χ1) is 7.85. The van der Waals surface area contributed by atoms with E-state index in [0.717, 1.165) is 18.2 Å². The number of nitrogens with two attached hydrogens (primary N) is 1. The maximum atomic E-state index is 12.8. The average molecular weight is 248 g/mol. The monoisotopic (exact) mass is 248 g/mol. The molecule has 0 atom stereocenters. The summed E-state index contributed by atoms with van der Waals surface area (Å²) < 4.78 is 38.3. The van der Waals surface area contributed by atoms with Gasteiger partial charge in [-0.1, -0.05) is 0 Å². The molecule has 0 fully saturated rings. The number of phenolic OH excluding ortho intramolecular Hbond substituents is 1. The van der Waals surface area contributed by atoms with Gasteiger partial charge in [-0.05, 0) is 18.2 Å². The predicted molar refractivity (Wildman–Crippen MR) is 54.4 cm³/mol. The molecule has 0 heterocycles. The lowest BCUT2D eigenvalue weighted by Gasteiger charge is -2.14. The van der Waals surface area contributed by atoms with E-state index < -0.39 is 42.0 Å². The Balaban J connectivity index is 2.74. The SMILES string of the molecule is NCC(F)(F)CNC(=O)c1cc(F)ccc1O. The Morgan fingerprint density at radius 2 is 2.12 bits per heavy atom. The van der Waals surface area contributed by atoms with Crippen LogP contribution >= 0.6 is 0 Å². The lowest BCUT2D eigenvalue weighted by Crippen LogP contribution is -2.41. The van der Waals surface area contributed by atoms with Gasteiger partial charge in [-0.15, -0.1) is 0 Å². The van der Waals surface area contributed by atoms with Gasteiger partial charge in [0.25, 0.3) is 11.8 Å². The van der Waals surface area contributed by atoms with Crippen molar-refractivity contribution < 1.29 is 23.1 Å². The molecule has 0 aliphatic heterocycles. The molecular formula is C10H11F3N2O2. The van der Waals surface area contributed by atoms with Crippen molar-refractivity contribution in [2.45, 2.75) is 5.92 Å². The van der Waals surface area contributed by atoms with Crippen molar-refractivity contribution in [2.24, 2.45) is 5.73 Å². The summed E-state index contributed by atoms with van der Waals surface area (Å²) in [6.07, 6.45) is 0. The maximum Gasteiger partial charge on any atom is 0.277 e. The van der Waals surface area contributed by atoms with Crippen molar-refractivity contribution in [1.82, 2.24) is 5.32 Å². The third-order valence-electron chi connectivity index (χ3n) is 2.01. The highest BCUT2D eigenvalue weighted by Crippen LogP contribution is 2.18. The van der Waals surface area contributed by atoms with Gasteiger partial charge in [0.05, 0.1) is 18.7 Å². The molecule has 1 rings (SSSR count). The van der Waals surface area contributed by atoms with E-state index in [2.05, 4.69) is 0 Å². The summed E-state index contributed by atoms with van der Waals surface area (Å²) in [7, 11) is 0. The van der Waals surface area contributed by atoms with Gasteiger partial charge >= 0.3 is 0 Å². The van der Waals surface area contributed by atoms with Gasteiger partial charge in [-0.3, -0.25) is 4.79 Å². The average Bonchev–Trinajstić information content (AvgIpc) is 2.29. The highest BCUT2D eigenvalue weighted by Gasteiger charge is 2.27. The number of nitrogens with one attached hydrogen (secondary N) is 1. The minimum absolute atomic E-state index is 0.405. The van der Waals surface area contributed by atoms with Gasteiger partial charge < -0.3 is 16.2 Å². The van der Waals surface area contributed by atoms with Gasteiger partial charge in [-0.2, -0.15) is 0 Å². The smallest absolute Gasteiger partial charge is 0.277 e. The Kier molecular flexibility index (Phi) is 3.95. The molecule has 4 N–H and O–H groups in total. The van der Waals surface area contributed by atoms with Crippen molar-refractivity contribution in [1.29, 1.82) is 0 Å². The van der Waals surface area contributed by atoms with Crippen LogP contribution in [0.4, 0.5) is 13.2 Å². The van der Waals surface area contributed by atoms with E-state index in [-0.39, 0.29) is 0 Å². The maximum absolute atomic E-state index is 12.8. The van der Waals surface area contributed by atoms with E-state index in [0.29, 0.717) is 0 Å². The van der Waals surface area contributed by atoms with Crippen molar-refractivity contribution in [3.63, 3.8) is 0 Å². The molecule has 1 aromatic rings. The molecule has 1 aromatic carbocycles. The van der Waals surface area contributed by atoms with Crippen molar-refractivity contribution in [2.75, 3.05) is 13.1 Å². The molecule has 94 valence electrons. The normalized spacial score (nSPS) is 11.3. The predicted octanol–water partition coefficient (Wildman–Crippen LogP) is 0.855. The zero-order valence-electron chi connectivity index (χ0n) is 8.71. The molecule has 0 aromatic heterocycles. The van der Waals surface area contributed by atoms with E-state index in [1.54, 1.807) is 0 Å². The van der Waals surface area contributed by atoms with E-state index >= 15 is 0 Å². The number of amides is 1. The minimum atomic E-state index is -3.24. The number of carbonyl (C=O) groups excluding carboxylic acids is 1. The number of carbonyl (C=O) groups is 1. The van der Waals surface area contributed by atoms with Gasteiger partial charge in [0.2, 0.25) is 0 Å². The van der Waals surface area contributed by atoms with Crippen molar-refractivity contribution in [3.05, 3.63) is 29.6 Å². The summed E-state index contributed by atoms with van der Waals surface area (Å²) in [6, 6.07) is 2.66. The number of hydrogen-bond acceptors (Lipinski definition) is 3. The van der Waals surface area contributed by atoms with Crippen molar-refractivity contribution >= 4 is 5.91 Å². The zero-order valence-corrected chi connectivity index (χ0v) is 8.71. The standard InChI is InChI=1S/C10H11F3N2O2/c11-6-1-2-8(16)7(3-6)9(17)15-5-10(12,13)4-14/h1-3,16H,4-5,14H2,(H,15,17). The zero-order chi connectivity index (χ0) is 13.1. The van der Waals surface area contributed by atoms with Gasteiger partial charge in [0, 0.05) is 0 Å². The summed E-state index contributed by atoms with van der Waals surface area (Å²) in [5.41, 5.74) is 4.37. The summed E-state index contributed by atoms with van der Waals surface area (Å²) >= 11 is 0. The van der Waals surface area contributed by atoms with E-state index in [4.69, 9.17) is 5.73 Å². The summed E-state index contributed by atoms with van der Waals surface area (Å²) in [5.74, 6) is -5.47. The first-order valence-corrected chi connectivity index (χ1v) is 4.70. The van der Waals surface area contributed by atoms with Gasteiger partial charge in [0.1, 0.15) is 11.6 Å². The number of aromatic hydroxyl groups is 1. The lowest BCUT2D eigenvalue weighted by molar-refractivity contribution is 0.0118. The Morgan fingerprint density at radius 3 is 2.71 bits per heavy atom. The van der Waals surface area contributed by atoms with Crippen LogP contribution in [0.5, 0.6) is 5.75 Å². The molecule has 0 spiro atoms. The Morgan fingerprint density at radius 1 is 1.47 bits per heavy atom. The van der Waals surface area contributed by atoms with E-state index in [9.17, 15) is 23.1 Å². The highest BCUT2D eigenvalue weighted by atomic mass is 19.3. The third-order valence-corrected chi connectivity index (χ3v) is 2.01. The van der Waals surface area contributed by atoms with E-state index in [1.165, 1.54) is 0 Å². The molecule has 7 heteroatoms. The van der Waals surface area contributed by atoms with Crippen LogP contribution in [0.1, 0.15) is 10.4 Å². The second-order valence-electron chi connectivity index (χ2n) is 3.40. The molecule has 4 nitrogen and oxygen atoms in total. The Hall–Kier alpha value is -1.76. The molecule has 0 radical (unpaired) electrons. The Labute approximate surface area is 95.2 Å². The molecular weight excluding hydrogens is 237 g/mol. The number of alkyl halides is 2. The van der Waals surface area contributed by atoms with Gasteiger partial charge in [0.15, 0.2) is 0 Å². The minimum Gasteiger partial charge on any atom is -0.507 e. The number of rotatable bonds is 4. The highest BCUT2D eigenvalue weighted by molar-refractivity contribution is 5.96. The fraction of sp³-hybridized carbons (Fsp3) is 0.300. The summed E-state index contributed by atoms with van der Waals surface area (Å²) in [5, 5.41) is 11.1. The summed E-state index contributed by atoms with van der Waals surface area (Å²) in [6.45, 7) is -1.89. The first kappa shape index (κ1) is 13.3. The molecule has 0 saturated heterocycles. The number of phenols is 1. The summed E-state index contributed by atoms with van der Waals surface area (Å²) in [4.78, 5) is 11.4. The second-order valence-corrected chi connectivity index (χ2v) is 3.40. The third kappa shape index (κ3) is 3.63. The Bertz CT molecular complexity index is 424.